The molecule has 2 heterocycles. The number of anilines is 1. The monoisotopic (exact) mass is 272 g/mol. The van der Waals surface area contributed by atoms with Crippen molar-refractivity contribution in [2.75, 3.05) is 38.3 Å². The van der Waals surface area contributed by atoms with Gasteiger partial charge in [0.15, 0.2) is 0 Å². The topological polar surface area (TPSA) is 60.4 Å². The summed E-state index contributed by atoms with van der Waals surface area (Å²) in [4.78, 5) is 14.4. The molecule has 1 aliphatic rings. The van der Waals surface area contributed by atoms with E-state index >= 15 is 0 Å². The minimum absolute atomic E-state index is 0.175. The predicted molar refractivity (Wildman–Crippen MR) is 68.3 cm³/mol. The van der Waals surface area contributed by atoms with Crippen molar-refractivity contribution in [2.24, 2.45) is 0 Å². The second kappa shape index (κ2) is 6.70. The van der Waals surface area contributed by atoms with Crippen LogP contribution < -0.4 is 9.64 Å². The fourth-order valence-electron chi connectivity index (χ4n) is 1.81. The number of nitrogens with zero attached hydrogens (tertiary/aromatic N) is 4. The number of rotatable bonds is 6. The van der Waals surface area contributed by atoms with Crippen molar-refractivity contribution in [1.29, 1.82) is 0 Å². The summed E-state index contributed by atoms with van der Waals surface area (Å²) in [5.41, 5.74) is 0. The van der Waals surface area contributed by atoms with Gasteiger partial charge in [-0.05, 0) is 24.4 Å². The molecule has 1 fully saturated rings. The van der Waals surface area contributed by atoms with Crippen LogP contribution in [-0.2, 0) is 4.74 Å². The lowest BCUT2D eigenvalue weighted by Crippen LogP contribution is -2.21. The molecule has 1 aromatic heterocycles. The van der Waals surface area contributed by atoms with Crippen LogP contribution in [0.4, 0.5) is 5.95 Å². The summed E-state index contributed by atoms with van der Waals surface area (Å²) in [6, 6.07) is 0.285. The maximum atomic E-state index is 5.87. The van der Waals surface area contributed by atoms with E-state index in [2.05, 4.69) is 19.9 Å². The lowest BCUT2D eigenvalue weighted by molar-refractivity contribution is 0.168. The second-order valence-electron chi connectivity index (χ2n) is 4.08. The Labute approximate surface area is 111 Å². The highest BCUT2D eigenvalue weighted by Gasteiger charge is 2.17. The highest BCUT2D eigenvalue weighted by molar-refractivity contribution is 6.28. The fraction of sp³-hybridized carbons (Fsp3) is 0.727. The zero-order chi connectivity index (χ0) is 12.8. The van der Waals surface area contributed by atoms with E-state index < -0.39 is 0 Å². The fourth-order valence-corrected chi connectivity index (χ4v) is 1.96. The Balaban J connectivity index is 1.97. The average Bonchev–Trinajstić information content (AvgIpc) is 2.88. The summed E-state index contributed by atoms with van der Waals surface area (Å²) in [6.07, 6.45) is 3.11. The summed E-state index contributed by atoms with van der Waals surface area (Å²) in [7, 11) is 1.66. The van der Waals surface area contributed by atoms with Gasteiger partial charge in [-0.25, -0.2) is 0 Å². The molecule has 0 aliphatic carbocycles. The summed E-state index contributed by atoms with van der Waals surface area (Å²) < 4.78 is 10.4. The first-order valence-corrected chi connectivity index (χ1v) is 6.45. The van der Waals surface area contributed by atoms with Crippen molar-refractivity contribution in [3.05, 3.63) is 5.28 Å². The van der Waals surface area contributed by atoms with Crippen molar-refractivity contribution < 1.29 is 9.47 Å². The molecule has 18 heavy (non-hydrogen) atoms. The maximum Gasteiger partial charge on any atom is 0.322 e. The smallest absolute Gasteiger partial charge is 0.322 e. The lowest BCUT2D eigenvalue weighted by atomic mass is 10.4. The molecule has 0 aromatic carbocycles. The molecule has 0 saturated carbocycles. The number of hydrogen-bond donors (Lipinski definition) is 0. The third kappa shape index (κ3) is 3.68. The molecule has 7 heteroatoms. The van der Waals surface area contributed by atoms with Gasteiger partial charge in [-0.2, -0.15) is 15.0 Å². The van der Waals surface area contributed by atoms with Gasteiger partial charge in [0.05, 0.1) is 6.61 Å². The molecule has 0 atom stereocenters. The van der Waals surface area contributed by atoms with Crippen LogP contribution in [0, 0.1) is 0 Å². The Morgan fingerprint density at radius 1 is 1.17 bits per heavy atom. The highest BCUT2D eigenvalue weighted by atomic mass is 35.5. The molecular weight excluding hydrogens is 256 g/mol. The van der Waals surface area contributed by atoms with Crippen LogP contribution in [0.2, 0.25) is 5.28 Å². The molecular formula is C11H17ClN4O2. The molecule has 0 amide bonds. The molecule has 100 valence electrons. The maximum absolute atomic E-state index is 5.87. The van der Waals surface area contributed by atoms with Gasteiger partial charge in [0.25, 0.3) is 0 Å². The van der Waals surface area contributed by atoms with E-state index in [1.165, 1.54) is 0 Å². The Morgan fingerprint density at radius 2 is 1.94 bits per heavy atom. The van der Waals surface area contributed by atoms with E-state index in [0.717, 1.165) is 32.4 Å². The van der Waals surface area contributed by atoms with Gasteiger partial charge < -0.3 is 14.4 Å². The van der Waals surface area contributed by atoms with Crippen LogP contribution in [-0.4, -0.2) is 48.4 Å². The van der Waals surface area contributed by atoms with E-state index in [9.17, 15) is 0 Å². The zero-order valence-corrected chi connectivity index (χ0v) is 11.2. The molecule has 0 spiro atoms. The van der Waals surface area contributed by atoms with E-state index in [4.69, 9.17) is 21.1 Å². The Morgan fingerprint density at radius 3 is 2.67 bits per heavy atom. The average molecular weight is 273 g/mol. The van der Waals surface area contributed by atoms with E-state index in [1.807, 2.05) is 0 Å². The Kier molecular flexibility index (Phi) is 4.95. The summed E-state index contributed by atoms with van der Waals surface area (Å²) in [5, 5.41) is 0.175. The van der Waals surface area contributed by atoms with Crippen LogP contribution in [0.1, 0.15) is 19.3 Å². The standard InChI is InChI=1S/C11H17ClN4O2/c1-17-7-4-8-18-11-14-9(12)13-10(15-11)16-5-2-3-6-16/h2-8H2,1H3. The first kappa shape index (κ1) is 13.3. The minimum Gasteiger partial charge on any atom is -0.463 e. The molecule has 0 N–H and O–H groups in total. The predicted octanol–water partition coefficient (Wildman–Crippen LogP) is 1.54. The van der Waals surface area contributed by atoms with Gasteiger partial charge in [-0.15, -0.1) is 0 Å². The third-order valence-corrected chi connectivity index (χ3v) is 2.86. The van der Waals surface area contributed by atoms with Crippen molar-refractivity contribution in [1.82, 2.24) is 15.0 Å². The largest absolute Gasteiger partial charge is 0.463 e. The van der Waals surface area contributed by atoms with Crippen LogP contribution in [0.5, 0.6) is 6.01 Å². The zero-order valence-electron chi connectivity index (χ0n) is 10.4. The first-order valence-electron chi connectivity index (χ1n) is 6.08. The van der Waals surface area contributed by atoms with Crippen molar-refractivity contribution in [3.63, 3.8) is 0 Å². The van der Waals surface area contributed by atoms with Gasteiger partial charge in [0.1, 0.15) is 0 Å². The van der Waals surface area contributed by atoms with Crippen LogP contribution in [0.15, 0.2) is 0 Å². The number of hydrogen-bond acceptors (Lipinski definition) is 6. The third-order valence-electron chi connectivity index (χ3n) is 2.69. The number of aromatic nitrogens is 3. The minimum atomic E-state index is 0.175. The van der Waals surface area contributed by atoms with E-state index in [0.29, 0.717) is 19.2 Å². The van der Waals surface area contributed by atoms with Crippen LogP contribution in [0.3, 0.4) is 0 Å². The SMILES string of the molecule is COCCCOc1nc(Cl)nc(N2CCCC2)n1. The summed E-state index contributed by atoms with van der Waals surface area (Å²) >= 11 is 5.87. The Hall–Kier alpha value is -1.14. The highest BCUT2D eigenvalue weighted by Crippen LogP contribution is 2.19. The Bertz CT molecular complexity index is 385. The second-order valence-corrected chi connectivity index (χ2v) is 4.41. The number of ether oxygens (including phenoxy) is 2. The first-order chi connectivity index (χ1) is 8.79. The van der Waals surface area contributed by atoms with Gasteiger partial charge in [-0.1, -0.05) is 0 Å². The van der Waals surface area contributed by atoms with Crippen molar-refractivity contribution >= 4 is 17.5 Å². The van der Waals surface area contributed by atoms with Gasteiger partial charge in [0.2, 0.25) is 11.2 Å². The molecule has 1 aromatic rings. The van der Waals surface area contributed by atoms with Gasteiger partial charge in [-0.3, -0.25) is 0 Å². The lowest BCUT2D eigenvalue weighted by Gasteiger charge is -2.15. The molecule has 0 unspecified atom stereocenters. The normalized spacial score (nSPS) is 15.1. The van der Waals surface area contributed by atoms with Crippen LogP contribution >= 0.6 is 11.6 Å². The molecule has 0 radical (unpaired) electrons. The molecule has 6 nitrogen and oxygen atoms in total. The number of halogens is 1. The van der Waals surface area contributed by atoms with Crippen molar-refractivity contribution in [3.8, 4) is 6.01 Å². The molecule has 2 rings (SSSR count). The quantitative estimate of drug-likeness (QED) is 0.732. The van der Waals surface area contributed by atoms with E-state index in [-0.39, 0.29) is 11.3 Å². The van der Waals surface area contributed by atoms with Crippen molar-refractivity contribution in [2.45, 2.75) is 19.3 Å². The number of methoxy groups -OCH3 is 1. The summed E-state index contributed by atoms with van der Waals surface area (Å²) in [5.74, 6) is 0.606. The van der Waals surface area contributed by atoms with E-state index in [1.54, 1.807) is 7.11 Å². The molecule has 1 aliphatic heterocycles. The molecule has 0 bridgehead atoms. The summed E-state index contributed by atoms with van der Waals surface area (Å²) in [6.45, 7) is 3.08. The van der Waals surface area contributed by atoms with Gasteiger partial charge in [0, 0.05) is 33.2 Å². The van der Waals surface area contributed by atoms with Crippen LogP contribution in [0.25, 0.3) is 0 Å². The molecule has 1 saturated heterocycles. The van der Waals surface area contributed by atoms with Gasteiger partial charge >= 0.3 is 6.01 Å².